The van der Waals surface area contributed by atoms with Gasteiger partial charge in [-0.05, 0) is 42.4 Å². The first-order valence-electron chi connectivity index (χ1n) is 6.40. The number of rotatable bonds is 5. The number of nitrogens with zero attached hydrogens (tertiary/aromatic N) is 1. The largest absolute Gasteiger partial charge is 0.478 e. The van der Waals surface area contributed by atoms with Crippen LogP contribution in [-0.4, -0.2) is 23.0 Å². The first kappa shape index (κ1) is 15.5. The van der Waals surface area contributed by atoms with Gasteiger partial charge in [-0.25, -0.2) is 9.18 Å². The third-order valence-corrected chi connectivity index (χ3v) is 3.46. The maximum atomic E-state index is 13.0. The molecule has 0 heterocycles. The summed E-state index contributed by atoms with van der Waals surface area (Å²) in [5.41, 5.74) is 2.12. The molecule has 5 heteroatoms. The summed E-state index contributed by atoms with van der Waals surface area (Å²) in [6.07, 6.45) is 0. The smallest absolute Gasteiger partial charge is 0.335 e. The second kappa shape index (κ2) is 6.70. The molecule has 1 N–H and O–H groups in total. The fourth-order valence-corrected chi connectivity index (χ4v) is 2.29. The molecule has 0 unspecified atom stereocenters. The highest BCUT2D eigenvalue weighted by Gasteiger charge is 2.07. The zero-order valence-corrected chi connectivity index (χ0v) is 12.3. The Hall–Kier alpha value is -1.91. The molecular formula is C16H15ClFNO2. The van der Waals surface area contributed by atoms with Gasteiger partial charge in [-0.1, -0.05) is 29.8 Å². The number of aromatic carboxylic acids is 1. The molecule has 21 heavy (non-hydrogen) atoms. The summed E-state index contributed by atoms with van der Waals surface area (Å²) in [4.78, 5) is 12.8. The van der Waals surface area contributed by atoms with E-state index in [9.17, 15) is 9.18 Å². The zero-order valence-electron chi connectivity index (χ0n) is 11.5. The van der Waals surface area contributed by atoms with Crippen molar-refractivity contribution >= 4 is 17.6 Å². The Kier molecular flexibility index (Phi) is 4.94. The molecule has 0 aliphatic heterocycles. The summed E-state index contributed by atoms with van der Waals surface area (Å²) in [6.45, 7) is 1.23. The molecule has 0 radical (unpaired) electrons. The van der Waals surface area contributed by atoms with Gasteiger partial charge in [0.25, 0.3) is 0 Å². The van der Waals surface area contributed by atoms with Gasteiger partial charge >= 0.3 is 5.97 Å². The highest BCUT2D eigenvalue weighted by molar-refractivity contribution is 6.31. The average Bonchev–Trinajstić information content (AvgIpc) is 2.42. The molecule has 0 amide bonds. The van der Waals surface area contributed by atoms with Gasteiger partial charge in [0.1, 0.15) is 5.82 Å². The second-order valence-corrected chi connectivity index (χ2v) is 5.32. The molecule has 0 aliphatic carbocycles. The standard InChI is InChI=1S/C16H15ClFNO2/c1-19(10-13-6-7-14(18)8-15(13)17)9-11-2-4-12(5-3-11)16(20)21/h2-8H,9-10H2,1H3,(H,20,21). The summed E-state index contributed by atoms with van der Waals surface area (Å²) >= 11 is 6.00. The van der Waals surface area contributed by atoms with Crippen molar-refractivity contribution in [1.29, 1.82) is 0 Å². The van der Waals surface area contributed by atoms with E-state index in [1.54, 1.807) is 30.3 Å². The number of carbonyl (C=O) groups is 1. The monoisotopic (exact) mass is 307 g/mol. The molecule has 0 saturated carbocycles. The summed E-state index contributed by atoms with van der Waals surface area (Å²) in [5, 5.41) is 9.26. The Balaban J connectivity index is 2.01. The van der Waals surface area contributed by atoms with Crippen LogP contribution in [0.5, 0.6) is 0 Å². The van der Waals surface area contributed by atoms with Crippen LogP contribution in [0.1, 0.15) is 21.5 Å². The van der Waals surface area contributed by atoms with Crippen molar-refractivity contribution in [2.24, 2.45) is 0 Å². The van der Waals surface area contributed by atoms with Gasteiger partial charge < -0.3 is 5.11 Å². The lowest BCUT2D eigenvalue weighted by Crippen LogP contribution is -2.17. The molecule has 2 rings (SSSR count). The lowest BCUT2D eigenvalue weighted by molar-refractivity contribution is 0.0697. The molecule has 110 valence electrons. The maximum Gasteiger partial charge on any atom is 0.335 e. The number of carboxylic acid groups (broad SMARTS) is 1. The molecule has 0 aliphatic rings. The van der Waals surface area contributed by atoms with Crippen molar-refractivity contribution in [3.63, 3.8) is 0 Å². The van der Waals surface area contributed by atoms with Gasteiger partial charge in [-0.2, -0.15) is 0 Å². The number of hydrogen-bond donors (Lipinski definition) is 1. The molecule has 0 saturated heterocycles. The third kappa shape index (κ3) is 4.28. The minimum Gasteiger partial charge on any atom is -0.478 e. The van der Waals surface area contributed by atoms with E-state index >= 15 is 0 Å². The molecule has 2 aromatic carbocycles. The average molecular weight is 308 g/mol. The van der Waals surface area contributed by atoms with E-state index < -0.39 is 5.97 Å². The zero-order chi connectivity index (χ0) is 15.4. The van der Waals surface area contributed by atoms with Gasteiger partial charge in [-0.15, -0.1) is 0 Å². The lowest BCUT2D eigenvalue weighted by Gasteiger charge is -2.17. The topological polar surface area (TPSA) is 40.5 Å². The molecule has 0 aromatic heterocycles. The maximum absolute atomic E-state index is 13.0. The fraction of sp³-hybridized carbons (Fsp3) is 0.188. The SMILES string of the molecule is CN(Cc1ccc(C(=O)O)cc1)Cc1ccc(F)cc1Cl. The van der Waals surface area contributed by atoms with Crippen LogP contribution in [0.15, 0.2) is 42.5 Å². The molecule has 2 aromatic rings. The van der Waals surface area contributed by atoms with Gasteiger partial charge in [0.15, 0.2) is 0 Å². The first-order chi connectivity index (χ1) is 9.95. The third-order valence-electron chi connectivity index (χ3n) is 3.11. The lowest BCUT2D eigenvalue weighted by atomic mass is 10.1. The van der Waals surface area contributed by atoms with Crippen LogP contribution in [-0.2, 0) is 13.1 Å². The van der Waals surface area contributed by atoms with Gasteiger partial charge in [0.05, 0.1) is 5.56 Å². The normalized spacial score (nSPS) is 10.9. The minimum absolute atomic E-state index is 0.267. The van der Waals surface area contributed by atoms with Crippen LogP contribution in [0.3, 0.4) is 0 Å². The Morgan fingerprint density at radius 2 is 1.86 bits per heavy atom. The van der Waals surface area contributed by atoms with Gasteiger partial charge in [-0.3, -0.25) is 4.90 Å². The predicted octanol–water partition coefficient (Wildman–Crippen LogP) is 3.81. The first-order valence-corrected chi connectivity index (χ1v) is 6.78. The predicted molar refractivity (Wildman–Crippen MR) is 80.0 cm³/mol. The molecular weight excluding hydrogens is 293 g/mol. The molecule has 0 bridgehead atoms. The van der Waals surface area contributed by atoms with Gasteiger partial charge in [0, 0.05) is 18.1 Å². The Bertz CT molecular complexity index is 643. The van der Waals surface area contributed by atoms with Crippen LogP contribution in [0.2, 0.25) is 5.02 Å². The fourth-order valence-electron chi connectivity index (χ4n) is 2.06. The highest BCUT2D eigenvalue weighted by Crippen LogP contribution is 2.19. The van der Waals surface area contributed by atoms with Crippen molar-refractivity contribution in [3.8, 4) is 0 Å². The van der Waals surface area contributed by atoms with Crippen molar-refractivity contribution < 1.29 is 14.3 Å². The molecule has 0 spiro atoms. The van der Waals surface area contributed by atoms with E-state index in [1.807, 2.05) is 11.9 Å². The van der Waals surface area contributed by atoms with E-state index in [2.05, 4.69) is 0 Å². The Morgan fingerprint density at radius 1 is 1.19 bits per heavy atom. The quantitative estimate of drug-likeness (QED) is 0.913. The molecule has 0 fully saturated rings. The summed E-state index contributed by atoms with van der Waals surface area (Å²) in [7, 11) is 1.92. The Morgan fingerprint density at radius 3 is 2.43 bits per heavy atom. The van der Waals surface area contributed by atoms with Crippen molar-refractivity contribution in [2.75, 3.05) is 7.05 Å². The van der Waals surface area contributed by atoms with E-state index in [0.717, 1.165) is 11.1 Å². The van der Waals surface area contributed by atoms with Crippen molar-refractivity contribution in [2.45, 2.75) is 13.1 Å². The van der Waals surface area contributed by atoms with Crippen LogP contribution in [0, 0.1) is 5.82 Å². The van der Waals surface area contributed by atoms with Crippen molar-refractivity contribution in [3.05, 3.63) is 70.0 Å². The minimum atomic E-state index is -0.937. The molecule has 3 nitrogen and oxygen atoms in total. The summed E-state index contributed by atoms with van der Waals surface area (Å²) in [5.74, 6) is -1.29. The number of benzene rings is 2. The van der Waals surface area contributed by atoms with Crippen LogP contribution in [0.25, 0.3) is 0 Å². The van der Waals surface area contributed by atoms with Crippen molar-refractivity contribution in [1.82, 2.24) is 4.90 Å². The van der Waals surface area contributed by atoms with E-state index in [-0.39, 0.29) is 11.4 Å². The van der Waals surface area contributed by atoms with E-state index in [0.29, 0.717) is 18.1 Å². The van der Waals surface area contributed by atoms with Crippen LogP contribution in [0.4, 0.5) is 4.39 Å². The Labute approximate surface area is 127 Å². The van der Waals surface area contributed by atoms with Crippen LogP contribution < -0.4 is 0 Å². The molecule has 0 atom stereocenters. The van der Waals surface area contributed by atoms with E-state index in [4.69, 9.17) is 16.7 Å². The second-order valence-electron chi connectivity index (χ2n) is 4.91. The van der Waals surface area contributed by atoms with Gasteiger partial charge in [0.2, 0.25) is 0 Å². The highest BCUT2D eigenvalue weighted by atomic mass is 35.5. The van der Waals surface area contributed by atoms with E-state index in [1.165, 1.54) is 12.1 Å². The number of carboxylic acids is 1. The number of halogens is 2. The summed E-state index contributed by atoms with van der Waals surface area (Å²) in [6, 6.07) is 11.1. The number of hydrogen-bond acceptors (Lipinski definition) is 2. The summed E-state index contributed by atoms with van der Waals surface area (Å²) < 4.78 is 13.0. The van der Waals surface area contributed by atoms with Crippen LogP contribution >= 0.6 is 11.6 Å².